The summed E-state index contributed by atoms with van der Waals surface area (Å²) in [6.07, 6.45) is 0. The second-order valence-corrected chi connectivity index (χ2v) is 4.30. The number of anilines is 2. The Hall–Kier alpha value is -1.68. The minimum Gasteiger partial charge on any atom is -0.321 e. The Labute approximate surface area is 98.4 Å². The predicted molar refractivity (Wildman–Crippen MR) is 66.6 cm³/mol. The molecule has 0 saturated heterocycles. The third-order valence-electron chi connectivity index (χ3n) is 2.28. The summed E-state index contributed by atoms with van der Waals surface area (Å²) in [6.45, 7) is 1.53. The molecular formula is C12H12N2OS. The zero-order chi connectivity index (χ0) is 11.5. The molecule has 1 aromatic heterocycles. The molecule has 0 spiro atoms. The van der Waals surface area contributed by atoms with E-state index in [0.29, 0.717) is 5.69 Å². The number of benzene rings is 1. The van der Waals surface area contributed by atoms with E-state index in [4.69, 9.17) is 0 Å². The van der Waals surface area contributed by atoms with Crippen molar-refractivity contribution in [2.45, 2.75) is 6.92 Å². The smallest absolute Gasteiger partial charge is 0.190 e. The van der Waals surface area contributed by atoms with Crippen molar-refractivity contribution in [3.05, 3.63) is 41.4 Å². The molecule has 3 nitrogen and oxygen atoms in total. The number of carbonyl (C=O) groups is 1. The molecule has 0 radical (unpaired) electrons. The van der Waals surface area contributed by atoms with Crippen LogP contribution in [0.25, 0.3) is 0 Å². The summed E-state index contributed by atoms with van der Waals surface area (Å²) < 4.78 is 0. The molecule has 82 valence electrons. The SMILES string of the molecule is CC(=O)c1csc(N(C)c2ccccc2)n1. The Bertz CT molecular complexity index is 493. The number of thiazole rings is 1. The average molecular weight is 232 g/mol. The van der Waals surface area contributed by atoms with Crippen molar-refractivity contribution >= 4 is 27.9 Å². The van der Waals surface area contributed by atoms with E-state index in [1.807, 2.05) is 42.3 Å². The molecule has 0 aliphatic carbocycles. The van der Waals surface area contributed by atoms with Crippen molar-refractivity contribution in [3.63, 3.8) is 0 Å². The first-order valence-electron chi connectivity index (χ1n) is 4.93. The van der Waals surface area contributed by atoms with Gasteiger partial charge in [0.05, 0.1) is 0 Å². The van der Waals surface area contributed by atoms with Crippen molar-refractivity contribution in [1.82, 2.24) is 4.98 Å². The van der Waals surface area contributed by atoms with Crippen LogP contribution in [0.3, 0.4) is 0 Å². The lowest BCUT2D eigenvalue weighted by Gasteiger charge is -2.15. The van der Waals surface area contributed by atoms with Crippen LogP contribution in [0.5, 0.6) is 0 Å². The van der Waals surface area contributed by atoms with Gasteiger partial charge in [-0.15, -0.1) is 11.3 Å². The van der Waals surface area contributed by atoms with Crippen LogP contribution < -0.4 is 4.90 Å². The number of hydrogen-bond acceptors (Lipinski definition) is 4. The number of para-hydroxylation sites is 1. The normalized spacial score (nSPS) is 10.1. The van der Waals surface area contributed by atoms with Crippen LogP contribution >= 0.6 is 11.3 Å². The molecule has 2 rings (SSSR count). The van der Waals surface area contributed by atoms with Crippen molar-refractivity contribution in [3.8, 4) is 0 Å². The van der Waals surface area contributed by atoms with Gasteiger partial charge in [-0.05, 0) is 12.1 Å². The molecule has 4 heteroatoms. The molecule has 16 heavy (non-hydrogen) atoms. The van der Waals surface area contributed by atoms with Crippen molar-refractivity contribution in [2.75, 3.05) is 11.9 Å². The van der Waals surface area contributed by atoms with Gasteiger partial charge in [0.15, 0.2) is 10.9 Å². The quantitative estimate of drug-likeness (QED) is 0.762. The molecule has 0 N–H and O–H groups in total. The number of carbonyl (C=O) groups excluding carboxylic acids is 1. The minimum atomic E-state index is 0.00367. The molecule has 0 aliphatic rings. The Morgan fingerprint density at radius 3 is 2.56 bits per heavy atom. The summed E-state index contributed by atoms with van der Waals surface area (Å²) in [5, 5.41) is 2.62. The molecule has 0 amide bonds. The molecule has 0 fully saturated rings. The summed E-state index contributed by atoms with van der Waals surface area (Å²) in [4.78, 5) is 17.4. The lowest BCUT2D eigenvalue weighted by Crippen LogP contribution is -2.09. The molecule has 0 saturated carbocycles. The largest absolute Gasteiger partial charge is 0.321 e. The second-order valence-electron chi connectivity index (χ2n) is 3.47. The Morgan fingerprint density at radius 2 is 2.00 bits per heavy atom. The zero-order valence-electron chi connectivity index (χ0n) is 9.18. The van der Waals surface area contributed by atoms with Crippen LogP contribution in [0.1, 0.15) is 17.4 Å². The molecule has 0 bridgehead atoms. The Morgan fingerprint density at radius 1 is 1.31 bits per heavy atom. The van der Waals surface area contributed by atoms with Gasteiger partial charge in [0.1, 0.15) is 5.69 Å². The molecular weight excluding hydrogens is 220 g/mol. The van der Waals surface area contributed by atoms with Gasteiger partial charge in [0.2, 0.25) is 0 Å². The van der Waals surface area contributed by atoms with Crippen molar-refractivity contribution in [1.29, 1.82) is 0 Å². The first-order chi connectivity index (χ1) is 7.68. The fourth-order valence-electron chi connectivity index (χ4n) is 1.34. The molecule has 0 atom stereocenters. The molecule has 0 unspecified atom stereocenters. The summed E-state index contributed by atoms with van der Waals surface area (Å²) >= 11 is 1.47. The summed E-state index contributed by atoms with van der Waals surface area (Å²) in [7, 11) is 1.94. The van der Waals surface area contributed by atoms with E-state index in [1.165, 1.54) is 18.3 Å². The molecule has 0 aliphatic heterocycles. The highest BCUT2D eigenvalue weighted by molar-refractivity contribution is 7.14. The number of nitrogens with zero attached hydrogens (tertiary/aromatic N) is 2. The van der Waals surface area contributed by atoms with Crippen molar-refractivity contribution < 1.29 is 4.79 Å². The third kappa shape index (κ3) is 2.12. The van der Waals surface area contributed by atoms with Crippen LogP contribution in [-0.4, -0.2) is 17.8 Å². The van der Waals surface area contributed by atoms with Gasteiger partial charge in [0, 0.05) is 25.0 Å². The van der Waals surface area contributed by atoms with Gasteiger partial charge in [0.25, 0.3) is 0 Å². The monoisotopic (exact) mass is 232 g/mol. The van der Waals surface area contributed by atoms with E-state index >= 15 is 0 Å². The average Bonchev–Trinajstić information content (AvgIpc) is 2.78. The van der Waals surface area contributed by atoms with Gasteiger partial charge in [-0.2, -0.15) is 0 Å². The van der Waals surface area contributed by atoms with E-state index < -0.39 is 0 Å². The highest BCUT2D eigenvalue weighted by Gasteiger charge is 2.10. The fraction of sp³-hybridized carbons (Fsp3) is 0.167. The topological polar surface area (TPSA) is 33.2 Å². The van der Waals surface area contributed by atoms with E-state index in [1.54, 1.807) is 5.38 Å². The number of rotatable bonds is 3. The lowest BCUT2D eigenvalue weighted by atomic mass is 10.3. The fourth-order valence-corrected chi connectivity index (χ4v) is 2.19. The summed E-state index contributed by atoms with van der Waals surface area (Å²) in [6, 6.07) is 9.94. The van der Waals surface area contributed by atoms with Gasteiger partial charge in [-0.3, -0.25) is 4.79 Å². The van der Waals surface area contributed by atoms with Gasteiger partial charge in [-0.1, -0.05) is 18.2 Å². The predicted octanol–water partition coefficient (Wildman–Crippen LogP) is 3.11. The molecule has 1 heterocycles. The van der Waals surface area contributed by atoms with Crippen LogP contribution in [0.4, 0.5) is 10.8 Å². The highest BCUT2D eigenvalue weighted by atomic mass is 32.1. The van der Waals surface area contributed by atoms with Crippen molar-refractivity contribution in [2.24, 2.45) is 0 Å². The maximum atomic E-state index is 11.1. The second kappa shape index (κ2) is 4.45. The molecule has 2 aromatic rings. The van der Waals surface area contributed by atoms with Gasteiger partial charge >= 0.3 is 0 Å². The number of aromatic nitrogens is 1. The van der Waals surface area contributed by atoms with E-state index in [0.717, 1.165) is 10.8 Å². The van der Waals surface area contributed by atoms with Crippen LogP contribution in [0, 0.1) is 0 Å². The van der Waals surface area contributed by atoms with E-state index in [9.17, 15) is 4.79 Å². The first kappa shape index (κ1) is 10.8. The van der Waals surface area contributed by atoms with Gasteiger partial charge in [-0.25, -0.2) is 4.98 Å². The third-order valence-corrected chi connectivity index (χ3v) is 3.20. The highest BCUT2D eigenvalue weighted by Crippen LogP contribution is 2.26. The summed E-state index contributed by atoms with van der Waals surface area (Å²) in [5.74, 6) is 0.00367. The first-order valence-corrected chi connectivity index (χ1v) is 5.81. The minimum absolute atomic E-state index is 0.00367. The van der Waals surface area contributed by atoms with E-state index in [2.05, 4.69) is 4.98 Å². The Kier molecular flexibility index (Phi) is 3.01. The summed E-state index contributed by atoms with van der Waals surface area (Å²) in [5.41, 5.74) is 1.59. The molecule has 1 aromatic carbocycles. The maximum absolute atomic E-state index is 11.1. The standard InChI is InChI=1S/C12H12N2OS/c1-9(15)11-8-16-12(13-11)14(2)10-6-4-3-5-7-10/h3-8H,1-2H3. The van der Waals surface area contributed by atoms with Crippen LogP contribution in [0.2, 0.25) is 0 Å². The Balaban J connectivity index is 2.27. The number of Topliss-reactive ketones (excluding diaryl/α,β-unsaturated/α-hetero) is 1. The van der Waals surface area contributed by atoms with Crippen LogP contribution in [0.15, 0.2) is 35.7 Å². The number of ketones is 1. The van der Waals surface area contributed by atoms with Crippen LogP contribution in [-0.2, 0) is 0 Å². The van der Waals surface area contributed by atoms with Gasteiger partial charge < -0.3 is 4.90 Å². The maximum Gasteiger partial charge on any atom is 0.190 e. The zero-order valence-corrected chi connectivity index (χ0v) is 9.99. The lowest BCUT2D eigenvalue weighted by molar-refractivity contribution is 0.101. The number of hydrogen-bond donors (Lipinski definition) is 0. The van der Waals surface area contributed by atoms with E-state index in [-0.39, 0.29) is 5.78 Å².